The van der Waals surface area contributed by atoms with Crippen LogP contribution in [0, 0.1) is 0 Å². The number of fused-ring (bicyclic) bond motifs is 2. The lowest BCUT2D eigenvalue weighted by Crippen LogP contribution is -2.20. The summed E-state index contributed by atoms with van der Waals surface area (Å²) >= 11 is 0. The van der Waals surface area contributed by atoms with Gasteiger partial charge >= 0.3 is 0 Å². The summed E-state index contributed by atoms with van der Waals surface area (Å²) in [6.45, 7) is 0.649. The van der Waals surface area contributed by atoms with Crippen LogP contribution < -0.4 is 4.90 Å². The van der Waals surface area contributed by atoms with Crippen molar-refractivity contribution >= 4 is 28.0 Å². The number of aryl methyl sites for hydroxylation is 1. The molecular formula is C15H15N7. The van der Waals surface area contributed by atoms with E-state index in [1.54, 1.807) is 6.33 Å². The lowest BCUT2D eigenvalue weighted by atomic mass is 10.3. The molecule has 22 heavy (non-hydrogen) atoms. The molecule has 1 aromatic carbocycles. The molecule has 4 rings (SSSR count). The number of aromatic nitrogens is 6. The highest BCUT2D eigenvalue weighted by atomic mass is 15.2. The highest BCUT2D eigenvalue weighted by molar-refractivity contribution is 5.82. The molecule has 0 saturated heterocycles. The van der Waals surface area contributed by atoms with Gasteiger partial charge < -0.3 is 14.5 Å². The maximum Gasteiger partial charge on any atom is 0.182 e. The van der Waals surface area contributed by atoms with Crippen molar-refractivity contribution in [3.63, 3.8) is 0 Å². The monoisotopic (exact) mass is 293 g/mol. The number of rotatable bonds is 3. The van der Waals surface area contributed by atoms with Crippen LogP contribution in [0.1, 0.15) is 5.82 Å². The van der Waals surface area contributed by atoms with Crippen LogP contribution in [0.4, 0.5) is 5.82 Å². The first-order valence-electron chi connectivity index (χ1n) is 6.99. The van der Waals surface area contributed by atoms with Crippen molar-refractivity contribution in [2.24, 2.45) is 7.05 Å². The first-order valence-corrected chi connectivity index (χ1v) is 6.99. The van der Waals surface area contributed by atoms with E-state index in [2.05, 4.69) is 30.6 Å². The van der Waals surface area contributed by atoms with Crippen LogP contribution in [0.2, 0.25) is 0 Å². The van der Waals surface area contributed by atoms with Crippen LogP contribution in [0.3, 0.4) is 0 Å². The lowest BCUT2D eigenvalue weighted by molar-refractivity contribution is 0.769. The lowest BCUT2D eigenvalue weighted by Gasteiger charge is -2.17. The first-order chi connectivity index (χ1) is 10.7. The Morgan fingerprint density at radius 2 is 2.05 bits per heavy atom. The maximum atomic E-state index is 4.70. The van der Waals surface area contributed by atoms with E-state index in [9.17, 15) is 0 Å². The summed E-state index contributed by atoms with van der Waals surface area (Å²) in [6, 6.07) is 8.12. The zero-order valence-electron chi connectivity index (χ0n) is 12.4. The molecule has 0 aliphatic heterocycles. The molecule has 7 nitrogen and oxygen atoms in total. The van der Waals surface area contributed by atoms with Crippen molar-refractivity contribution in [1.82, 2.24) is 29.5 Å². The Morgan fingerprint density at radius 1 is 1.18 bits per heavy atom. The second kappa shape index (κ2) is 4.80. The van der Waals surface area contributed by atoms with E-state index in [1.165, 1.54) is 6.33 Å². The SMILES string of the molecule is CN(Cc1nc2ccccc2n1C)c1ncnc2nc[nH]c12. The Kier molecular flexibility index (Phi) is 2.78. The Hall–Kier alpha value is -2.96. The number of para-hydroxylation sites is 2. The normalized spacial score (nSPS) is 11.4. The number of nitrogens with zero attached hydrogens (tertiary/aromatic N) is 6. The molecule has 3 heterocycles. The minimum absolute atomic E-state index is 0.649. The van der Waals surface area contributed by atoms with Gasteiger partial charge in [0.15, 0.2) is 11.5 Å². The molecule has 0 spiro atoms. The Morgan fingerprint density at radius 3 is 2.91 bits per heavy atom. The van der Waals surface area contributed by atoms with E-state index in [-0.39, 0.29) is 0 Å². The fraction of sp³-hybridized carbons (Fsp3) is 0.200. The molecule has 0 fully saturated rings. The van der Waals surface area contributed by atoms with Gasteiger partial charge in [-0.1, -0.05) is 12.1 Å². The number of benzene rings is 1. The number of H-pyrrole nitrogens is 1. The largest absolute Gasteiger partial charge is 0.350 e. The van der Waals surface area contributed by atoms with Gasteiger partial charge in [0.05, 0.1) is 23.9 Å². The van der Waals surface area contributed by atoms with Gasteiger partial charge in [-0.25, -0.2) is 19.9 Å². The molecule has 110 valence electrons. The van der Waals surface area contributed by atoms with E-state index in [0.29, 0.717) is 12.2 Å². The summed E-state index contributed by atoms with van der Waals surface area (Å²) in [5.74, 6) is 1.80. The van der Waals surface area contributed by atoms with Gasteiger partial charge in [0.1, 0.15) is 17.7 Å². The Balaban J connectivity index is 1.73. The van der Waals surface area contributed by atoms with Gasteiger partial charge in [-0.05, 0) is 12.1 Å². The van der Waals surface area contributed by atoms with Crippen molar-refractivity contribution in [1.29, 1.82) is 0 Å². The molecule has 0 unspecified atom stereocenters. The van der Waals surface area contributed by atoms with E-state index in [0.717, 1.165) is 28.2 Å². The van der Waals surface area contributed by atoms with E-state index in [4.69, 9.17) is 4.98 Å². The van der Waals surface area contributed by atoms with Crippen molar-refractivity contribution in [2.75, 3.05) is 11.9 Å². The second-order valence-corrected chi connectivity index (χ2v) is 5.23. The smallest absolute Gasteiger partial charge is 0.182 e. The molecule has 0 aliphatic rings. The van der Waals surface area contributed by atoms with Crippen LogP contribution in [-0.2, 0) is 13.6 Å². The number of hydrogen-bond donors (Lipinski definition) is 1. The van der Waals surface area contributed by atoms with Crippen LogP contribution >= 0.6 is 0 Å². The number of aromatic amines is 1. The molecule has 7 heteroatoms. The third-order valence-electron chi connectivity index (χ3n) is 3.82. The molecule has 3 aromatic heterocycles. The predicted molar refractivity (Wildman–Crippen MR) is 84.5 cm³/mol. The van der Waals surface area contributed by atoms with E-state index >= 15 is 0 Å². The summed E-state index contributed by atoms with van der Waals surface area (Å²) in [7, 11) is 4.02. The van der Waals surface area contributed by atoms with Crippen LogP contribution in [0.5, 0.6) is 0 Å². The average Bonchev–Trinajstić information content (AvgIpc) is 3.13. The molecule has 0 saturated carbocycles. The van der Waals surface area contributed by atoms with Gasteiger partial charge in [0, 0.05) is 14.1 Å². The topological polar surface area (TPSA) is 75.5 Å². The third-order valence-corrected chi connectivity index (χ3v) is 3.82. The fourth-order valence-electron chi connectivity index (χ4n) is 2.67. The maximum absolute atomic E-state index is 4.70. The third kappa shape index (κ3) is 1.90. The summed E-state index contributed by atoms with van der Waals surface area (Å²) in [6.07, 6.45) is 3.16. The average molecular weight is 293 g/mol. The van der Waals surface area contributed by atoms with Gasteiger partial charge in [0.25, 0.3) is 0 Å². The van der Waals surface area contributed by atoms with Crippen molar-refractivity contribution < 1.29 is 0 Å². The molecule has 0 amide bonds. The Bertz CT molecular complexity index is 953. The molecule has 0 radical (unpaired) electrons. The summed E-state index contributed by atoms with van der Waals surface area (Å²) in [4.78, 5) is 22.5. The van der Waals surface area contributed by atoms with E-state index < -0.39 is 0 Å². The summed E-state index contributed by atoms with van der Waals surface area (Å²) in [5.41, 5.74) is 3.63. The van der Waals surface area contributed by atoms with E-state index in [1.807, 2.05) is 37.2 Å². The molecule has 0 aliphatic carbocycles. The fourth-order valence-corrected chi connectivity index (χ4v) is 2.67. The summed E-state index contributed by atoms with van der Waals surface area (Å²) in [5, 5.41) is 0. The quantitative estimate of drug-likeness (QED) is 0.624. The number of nitrogens with one attached hydrogen (secondary N) is 1. The minimum atomic E-state index is 0.649. The number of anilines is 1. The van der Waals surface area contributed by atoms with Crippen molar-refractivity contribution in [3.8, 4) is 0 Å². The summed E-state index contributed by atoms with van der Waals surface area (Å²) < 4.78 is 2.11. The standard InChI is InChI=1S/C15H15N7/c1-21(15-13-14(17-8-16-13)18-9-19-15)7-12-20-10-5-3-4-6-11(10)22(12)2/h3-6,8-9H,7H2,1-2H3,(H,16,17,18,19). The minimum Gasteiger partial charge on any atom is -0.350 e. The zero-order chi connectivity index (χ0) is 15.1. The Labute approximate surface area is 126 Å². The van der Waals surface area contributed by atoms with Crippen molar-refractivity contribution in [3.05, 3.63) is 42.7 Å². The molecule has 1 N–H and O–H groups in total. The first kappa shape index (κ1) is 12.8. The van der Waals surface area contributed by atoms with Gasteiger partial charge in [0.2, 0.25) is 0 Å². The molecule has 0 bridgehead atoms. The van der Waals surface area contributed by atoms with Crippen LogP contribution in [0.25, 0.3) is 22.2 Å². The highest BCUT2D eigenvalue weighted by Gasteiger charge is 2.14. The number of hydrogen-bond acceptors (Lipinski definition) is 5. The molecule has 0 atom stereocenters. The number of imidazole rings is 2. The van der Waals surface area contributed by atoms with Crippen LogP contribution in [0.15, 0.2) is 36.9 Å². The zero-order valence-corrected chi connectivity index (χ0v) is 12.4. The highest BCUT2D eigenvalue weighted by Crippen LogP contribution is 2.21. The van der Waals surface area contributed by atoms with Gasteiger partial charge in [-0.15, -0.1) is 0 Å². The van der Waals surface area contributed by atoms with Gasteiger partial charge in [-0.2, -0.15) is 0 Å². The molecular weight excluding hydrogens is 278 g/mol. The predicted octanol–water partition coefficient (Wildman–Crippen LogP) is 1.88. The molecule has 4 aromatic rings. The van der Waals surface area contributed by atoms with Gasteiger partial charge in [-0.3, -0.25) is 0 Å². The van der Waals surface area contributed by atoms with Crippen molar-refractivity contribution in [2.45, 2.75) is 6.54 Å². The van der Waals surface area contributed by atoms with Crippen LogP contribution in [-0.4, -0.2) is 36.5 Å². The second-order valence-electron chi connectivity index (χ2n) is 5.23.